The van der Waals surface area contributed by atoms with Gasteiger partial charge in [0.15, 0.2) is 0 Å². The van der Waals surface area contributed by atoms with Gasteiger partial charge in [-0.05, 0) is 51.3 Å². The number of fused-ring (bicyclic) bond motifs is 1. The fourth-order valence-electron chi connectivity index (χ4n) is 3.67. The maximum atomic E-state index is 13.7. The molecule has 0 aliphatic carbocycles. The van der Waals surface area contributed by atoms with Gasteiger partial charge in [-0.3, -0.25) is 4.79 Å². The first-order chi connectivity index (χ1) is 13.4. The molecule has 146 valence electrons. The Kier molecular flexibility index (Phi) is 4.75. The molecule has 0 bridgehead atoms. The smallest absolute Gasteiger partial charge is 0.231 e. The minimum Gasteiger partial charge on any atom is -0.443 e. The molecule has 2 aromatic heterocycles. The van der Waals surface area contributed by atoms with E-state index in [4.69, 9.17) is 4.42 Å². The van der Waals surface area contributed by atoms with Crippen molar-refractivity contribution in [1.82, 2.24) is 9.97 Å². The van der Waals surface area contributed by atoms with Gasteiger partial charge in [-0.25, -0.2) is 14.4 Å². The summed E-state index contributed by atoms with van der Waals surface area (Å²) in [6, 6.07) is 4.76. The number of anilines is 2. The number of carbonyl (C=O) groups is 1. The topological polar surface area (TPSA) is 71.3 Å². The normalized spacial score (nSPS) is 15.2. The van der Waals surface area contributed by atoms with Crippen molar-refractivity contribution < 1.29 is 13.6 Å². The molecule has 4 rings (SSSR count). The molecule has 1 saturated heterocycles. The lowest BCUT2D eigenvalue weighted by Gasteiger charge is -2.32. The number of amides is 1. The molecule has 1 N–H and O–H groups in total. The van der Waals surface area contributed by atoms with E-state index in [1.807, 2.05) is 13.8 Å². The van der Waals surface area contributed by atoms with Crippen molar-refractivity contribution in [3.05, 3.63) is 47.2 Å². The summed E-state index contributed by atoms with van der Waals surface area (Å²) in [5, 5.41) is 3.78. The van der Waals surface area contributed by atoms with E-state index in [1.54, 1.807) is 19.1 Å². The first-order valence-corrected chi connectivity index (χ1v) is 9.46. The molecule has 3 heterocycles. The van der Waals surface area contributed by atoms with Gasteiger partial charge in [0.1, 0.15) is 23.7 Å². The Morgan fingerprint density at radius 2 is 1.96 bits per heavy atom. The van der Waals surface area contributed by atoms with E-state index in [9.17, 15) is 9.18 Å². The Labute approximate surface area is 162 Å². The molecule has 0 spiro atoms. The first kappa shape index (κ1) is 18.4. The Balaban J connectivity index is 1.45. The van der Waals surface area contributed by atoms with E-state index in [2.05, 4.69) is 20.2 Å². The number of piperidine rings is 1. The van der Waals surface area contributed by atoms with Crippen LogP contribution in [0.1, 0.15) is 29.7 Å². The molecule has 0 saturated carbocycles. The van der Waals surface area contributed by atoms with Gasteiger partial charge in [-0.15, -0.1) is 0 Å². The van der Waals surface area contributed by atoms with Crippen LogP contribution in [0.3, 0.4) is 0 Å². The predicted molar refractivity (Wildman–Crippen MR) is 106 cm³/mol. The van der Waals surface area contributed by atoms with Crippen LogP contribution in [0.15, 0.2) is 28.9 Å². The van der Waals surface area contributed by atoms with Crippen molar-refractivity contribution in [1.29, 1.82) is 0 Å². The molecule has 1 aliphatic rings. The highest BCUT2D eigenvalue weighted by atomic mass is 19.1. The zero-order chi connectivity index (χ0) is 19.8. The van der Waals surface area contributed by atoms with Crippen LogP contribution >= 0.6 is 0 Å². The number of nitrogens with zero attached hydrogens (tertiary/aromatic N) is 3. The van der Waals surface area contributed by atoms with Crippen LogP contribution in [0.5, 0.6) is 0 Å². The van der Waals surface area contributed by atoms with Crippen LogP contribution in [-0.2, 0) is 4.79 Å². The standard InChI is InChI=1S/C21H23FN4O2/c1-12-4-5-16(10-17(12)22)25-20(27)15-6-8-26(9-7-15)19-18-13(2)14(3)28-21(18)24-11-23-19/h4-5,10-11,15H,6-9H2,1-3H3,(H,25,27). The molecular weight excluding hydrogens is 359 g/mol. The second kappa shape index (κ2) is 7.22. The molecule has 1 aromatic carbocycles. The molecule has 6 nitrogen and oxygen atoms in total. The summed E-state index contributed by atoms with van der Waals surface area (Å²) in [5.74, 6) is 1.22. The van der Waals surface area contributed by atoms with Gasteiger partial charge >= 0.3 is 0 Å². The summed E-state index contributed by atoms with van der Waals surface area (Å²) >= 11 is 0. The molecule has 0 radical (unpaired) electrons. The number of halogens is 1. The van der Waals surface area contributed by atoms with Gasteiger partial charge in [0, 0.05) is 30.3 Å². The highest BCUT2D eigenvalue weighted by Gasteiger charge is 2.27. The third kappa shape index (κ3) is 3.32. The number of benzene rings is 1. The van der Waals surface area contributed by atoms with Gasteiger partial charge < -0.3 is 14.6 Å². The Morgan fingerprint density at radius 1 is 1.21 bits per heavy atom. The van der Waals surface area contributed by atoms with Crippen molar-refractivity contribution in [2.45, 2.75) is 33.6 Å². The van der Waals surface area contributed by atoms with Gasteiger partial charge in [0.2, 0.25) is 11.6 Å². The summed E-state index contributed by atoms with van der Waals surface area (Å²) in [6.07, 6.45) is 2.94. The van der Waals surface area contributed by atoms with E-state index in [0.29, 0.717) is 29.8 Å². The maximum Gasteiger partial charge on any atom is 0.231 e. The minimum absolute atomic E-state index is 0.0638. The van der Waals surface area contributed by atoms with Crippen molar-refractivity contribution in [2.75, 3.05) is 23.3 Å². The summed E-state index contributed by atoms with van der Waals surface area (Å²) in [5.41, 5.74) is 2.71. The summed E-state index contributed by atoms with van der Waals surface area (Å²) < 4.78 is 19.4. The molecule has 7 heteroatoms. The highest BCUT2D eigenvalue weighted by molar-refractivity contribution is 5.93. The average Bonchev–Trinajstić information content (AvgIpc) is 2.99. The van der Waals surface area contributed by atoms with E-state index in [0.717, 1.165) is 35.6 Å². The highest BCUT2D eigenvalue weighted by Crippen LogP contribution is 2.32. The van der Waals surface area contributed by atoms with Crippen LogP contribution in [0, 0.1) is 32.5 Å². The number of hydrogen-bond acceptors (Lipinski definition) is 5. The van der Waals surface area contributed by atoms with Gasteiger partial charge in [0.25, 0.3) is 0 Å². The summed E-state index contributed by atoms with van der Waals surface area (Å²) in [7, 11) is 0. The zero-order valence-corrected chi connectivity index (χ0v) is 16.3. The number of furan rings is 1. The van der Waals surface area contributed by atoms with Crippen LogP contribution in [-0.4, -0.2) is 29.0 Å². The molecule has 0 atom stereocenters. The third-order valence-corrected chi connectivity index (χ3v) is 5.55. The molecule has 1 amide bonds. The van der Waals surface area contributed by atoms with E-state index >= 15 is 0 Å². The molecule has 3 aromatic rings. The maximum absolute atomic E-state index is 13.7. The number of aryl methyl sites for hydroxylation is 3. The van der Waals surface area contributed by atoms with Crippen LogP contribution in [0.25, 0.3) is 11.1 Å². The number of carbonyl (C=O) groups excluding carboxylic acids is 1. The van der Waals surface area contributed by atoms with Crippen LogP contribution in [0.2, 0.25) is 0 Å². The Bertz CT molecular complexity index is 1040. The van der Waals surface area contributed by atoms with E-state index in [-0.39, 0.29) is 17.6 Å². The molecule has 1 fully saturated rings. The number of aromatic nitrogens is 2. The SMILES string of the molecule is Cc1ccc(NC(=O)C2CCN(c3ncnc4oc(C)c(C)c34)CC2)cc1F. The molecule has 28 heavy (non-hydrogen) atoms. The van der Waals surface area contributed by atoms with Crippen LogP contribution in [0.4, 0.5) is 15.9 Å². The zero-order valence-electron chi connectivity index (χ0n) is 16.3. The fourth-order valence-corrected chi connectivity index (χ4v) is 3.67. The molecular formula is C21H23FN4O2. The predicted octanol–water partition coefficient (Wildman–Crippen LogP) is 4.14. The van der Waals surface area contributed by atoms with E-state index < -0.39 is 0 Å². The fraction of sp³-hybridized carbons (Fsp3) is 0.381. The Hall–Kier alpha value is -2.96. The quantitative estimate of drug-likeness (QED) is 0.737. The second-order valence-electron chi connectivity index (χ2n) is 7.38. The van der Waals surface area contributed by atoms with Gasteiger partial charge in [0.05, 0.1) is 5.39 Å². The van der Waals surface area contributed by atoms with Crippen LogP contribution < -0.4 is 10.2 Å². The number of rotatable bonds is 3. The number of nitrogens with one attached hydrogen (secondary N) is 1. The van der Waals surface area contributed by atoms with Crippen molar-refractivity contribution >= 4 is 28.5 Å². The van der Waals surface area contributed by atoms with Gasteiger partial charge in [-0.1, -0.05) is 6.07 Å². The number of hydrogen-bond donors (Lipinski definition) is 1. The summed E-state index contributed by atoms with van der Waals surface area (Å²) in [6.45, 7) is 7.07. The Morgan fingerprint density at radius 3 is 2.68 bits per heavy atom. The van der Waals surface area contributed by atoms with E-state index in [1.165, 1.54) is 12.4 Å². The summed E-state index contributed by atoms with van der Waals surface area (Å²) in [4.78, 5) is 23.5. The monoisotopic (exact) mass is 382 g/mol. The average molecular weight is 382 g/mol. The lowest BCUT2D eigenvalue weighted by Crippen LogP contribution is -2.38. The molecule has 1 aliphatic heterocycles. The molecule has 0 unspecified atom stereocenters. The minimum atomic E-state index is -0.314. The van der Waals surface area contributed by atoms with Crippen molar-refractivity contribution in [3.63, 3.8) is 0 Å². The lowest BCUT2D eigenvalue weighted by molar-refractivity contribution is -0.120. The largest absolute Gasteiger partial charge is 0.443 e. The van der Waals surface area contributed by atoms with Gasteiger partial charge in [-0.2, -0.15) is 0 Å². The van der Waals surface area contributed by atoms with Crippen molar-refractivity contribution in [3.8, 4) is 0 Å². The third-order valence-electron chi connectivity index (χ3n) is 5.55. The first-order valence-electron chi connectivity index (χ1n) is 9.46. The lowest BCUT2D eigenvalue weighted by atomic mass is 9.95. The van der Waals surface area contributed by atoms with Crippen molar-refractivity contribution in [2.24, 2.45) is 5.92 Å². The second-order valence-corrected chi connectivity index (χ2v) is 7.38.